The van der Waals surface area contributed by atoms with Crippen LogP contribution in [0.1, 0.15) is 12.8 Å². The summed E-state index contributed by atoms with van der Waals surface area (Å²) >= 11 is 0. The molecule has 0 radical (unpaired) electrons. The molecule has 0 aromatic carbocycles. The van der Waals surface area contributed by atoms with E-state index in [-0.39, 0.29) is 6.10 Å². The normalized spacial score (nSPS) is 38.2. The lowest BCUT2D eigenvalue weighted by Gasteiger charge is -2.20. The maximum atomic E-state index is 9.74. The Bertz CT molecular complexity index is 212. The molecule has 4 unspecified atom stereocenters. The Balaban J connectivity index is 1.78. The maximum absolute atomic E-state index is 9.74. The first-order chi connectivity index (χ1) is 7.20. The van der Waals surface area contributed by atoms with Crippen molar-refractivity contribution in [1.82, 2.24) is 4.90 Å². The van der Waals surface area contributed by atoms with Gasteiger partial charge in [-0.1, -0.05) is 0 Å². The van der Waals surface area contributed by atoms with Gasteiger partial charge in [0.2, 0.25) is 0 Å². The highest BCUT2D eigenvalue weighted by Gasteiger charge is 2.41. The fourth-order valence-electron chi connectivity index (χ4n) is 3.02. The second-order valence-electron chi connectivity index (χ2n) is 4.90. The number of aliphatic hydroxyl groups is 2. The minimum absolute atomic E-state index is 0.112. The molecule has 4 nitrogen and oxygen atoms in total. The number of hydrogen-bond donors (Lipinski definition) is 2. The highest BCUT2D eigenvalue weighted by atomic mass is 16.5. The molecule has 88 valence electrons. The van der Waals surface area contributed by atoms with Gasteiger partial charge >= 0.3 is 0 Å². The average molecular weight is 215 g/mol. The van der Waals surface area contributed by atoms with Crippen molar-refractivity contribution < 1.29 is 14.9 Å². The lowest BCUT2D eigenvalue weighted by Crippen LogP contribution is -2.34. The number of ether oxygens (including phenoxy) is 1. The van der Waals surface area contributed by atoms with Crippen molar-refractivity contribution in [3.8, 4) is 0 Å². The van der Waals surface area contributed by atoms with Crippen molar-refractivity contribution in [2.24, 2.45) is 11.8 Å². The summed E-state index contributed by atoms with van der Waals surface area (Å²) in [5.41, 5.74) is 0. The van der Waals surface area contributed by atoms with Crippen LogP contribution in [0.2, 0.25) is 0 Å². The van der Waals surface area contributed by atoms with E-state index in [1.807, 2.05) is 0 Å². The van der Waals surface area contributed by atoms with Crippen molar-refractivity contribution >= 4 is 0 Å². The molecular weight excluding hydrogens is 194 g/mol. The van der Waals surface area contributed by atoms with E-state index >= 15 is 0 Å². The molecule has 15 heavy (non-hydrogen) atoms. The van der Waals surface area contributed by atoms with Gasteiger partial charge in [0.1, 0.15) is 0 Å². The van der Waals surface area contributed by atoms with Crippen molar-refractivity contribution in [2.75, 3.05) is 33.4 Å². The van der Waals surface area contributed by atoms with Crippen LogP contribution < -0.4 is 0 Å². The molecule has 0 aromatic heterocycles. The summed E-state index contributed by atoms with van der Waals surface area (Å²) in [6, 6.07) is 0. The Morgan fingerprint density at radius 3 is 2.87 bits per heavy atom. The molecule has 1 aliphatic carbocycles. The van der Waals surface area contributed by atoms with Crippen LogP contribution in [0.25, 0.3) is 0 Å². The molecule has 2 N–H and O–H groups in total. The Morgan fingerprint density at radius 2 is 2.20 bits per heavy atom. The standard InChI is InChI=1S/C11H21NO3/c1-15-7-9(13)5-12-4-8-2-3-11(14)10(8)6-12/h8-11,13-14H,2-7H2,1H3. The SMILES string of the molecule is COCC(O)CN1CC2CCC(O)C2C1. The number of likely N-dealkylation sites (tertiary alicyclic amines) is 1. The molecule has 2 fully saturated rings. The Labute approximate surface area is 90.8 Å². The van der Waals surface area contributed by atoms with Crippen LogP contribution in [0.15, 0.2) is 0 Å². The molecule has 0 spiro atoms. The van der Waals surface area contributed by atoms with Crippen LogP contribution in [-0.2, 0) is 4.74 Å². The molecule has 0 amide bonds. The lowest BCUT2D eigenvalue weighted by molar-refractivity contribution is 0.0387. The fraction of sp³-hybridized carbons (Fsp3) is 1.00. The van der Waals surface area contributed by atoms with E-state index < -0.39 is 6.10 Å². The van der Waals surface area contributed by atoms with E-state index in [0.717, 1.165) is 25.9 Å². The highest BCUT2D eigenvalue weighted by Crippen LogP contribution is 2.37. The lowest BCUT2D eigenvalue weighted by atomic mass is 10.00. The van der Waals surface area contributed by atoms with Crippen LogP contribution in [0.5, 0.6) is 0 Å². The van der Waals surface area contributed by atoms with Crippen molar-refractivity contribution in [3.05, 3.63) is 0 Å². The quantitative estimate of drug-likeness (QED) is 0.676. The van der Waals surface area contributed by atoms with E-state index in [2.05, 4.69) is 4.90 Å². The monoisotopic (exact) mass is 215 g/mol. The van der Waals surface area contributed by atoms with Gasteiger partial charge in [-0.2, -0.15) is 0 Å². The van der Waals surface area contributed by atoms with Gasteiger partial charge < -0.3 is 19.8 Å². The molecule has 1 aliphatic heterocycles. The number of β-amino-alcohol motifs (C(OH)–C–C–N with tert-alkyl or cyclic N) is 1. The third-order valence-electron chi connectivity index (χ3n) is 3.72. The average Bonchev–Trinajstić information content (AvgIpc) is 2.69. The molecule has 2 aliphatic rings. The fourth-order valence-corrected chi connectivity index (χ4v) is 3.02. The van der Waals surface area contributed by atoms with E-state index in [1.165, 1.54) is 0 Å². The molecule has 4 heteroatoms. The minimum atomic E-state index is -0.397. The largest absolute Gasteiger partial charge is 0.393 e. The molecule has 2 rings (SSSR count). The van der Waals surface area contributed by atoms with Crippen LogP contribution in [0.3, 0.4) is 0 Å². The predicted molar refractivity (Wildman–Crippen MR) is 56.5 cm³/mol. The summed E-state index contributed by atoms with van der Waals surface area (Å²) in [5.74, 6) is 1.09. The van der Waals surface area contributed by atoms with Crippen LogP contribution >= 0.6 is 0 Å². The highest BCUT2D eigenvalue weighted by molar-refractivity contribution is 4.93. The number of methoxy groups -OCH3 is 1. The minimum Gasteiger partial charge on any atom is -0.393 e. The third-order valence-corrected chi connectivity index (χ3v) is 3.72. The topological polar surface area (TPSA) is 52.9 Å². The first-order valence-corrected chi connectivity index (χ1v) is 5.78. The predicted octanol–water partition coefficient (Wildman–Crippen LogP) is -0.304. The number of fused-ring (bicyclic) bond motifs is 1. The molecule has 1 saturated carbocycles. The van der Waals surface area contributed by atoms with Crippen molar-refractivity contribution in [3.63, 3.8) is 0 Å². The summed E-state index contributed by atoms with van der Waals surface area (Å²) in [6.45, 7) is 3.04. The molecule has 0 bridgehead atoms. The smallest absolute Gasteiger partial charge is 0.0900 e. The Hall–Kier alpha value is -0.160. The van der Waals surface area contributed by atoms with Gasteiger partial charge in [-0.25, -0.2) is 0 Å². The van der Waals surface area contributed by atoms with Gasteiger partial charge in [0.05, 0.1) is 18.8 Å². The van der Waals surface area contributed by atoms with Gasteiger partial charge in [0, 0.05) is 32.7 Å². The number of aliphatic hydroxyl groups excluding tert-OH is 2. The van der Waals surface area contributed by atoms with E-state index in [0.29, 0.717) is 25.0 Å². The Kier molecular flexibility index (Phi) is 3.61. The summed E-state index contributed by atoms with van der Waals surface area (Å²) in [5, 5.41) is 19.4. The van der Waals surface area contributed by atoms with Gasteiger partial charge in [-0.3, -0.25) is 0 Å². The maximum Gasteiger partial charge on any atom is 0.0900 e. The van der Waals surface area contributed by atoms with E-state index in [1.54, 1.807) is 7.11 Å². The molecular formula is C11H21NO3. The molecule has 4 atom stereocenters. The zero-order valence-electron chi connectivity index (χ0n) is 9.30. The summed E-state index contributed by atoms with van der Waals surface area (Å²) < 4.78 is 4.90. The van der Waals surface area contributed by atoms with Crippen LogP contribution in [0.4, 0.5) is 0 Å². The van der Waals surface area contributed by atoms with E-state index in [4.69, 9.17) is 4.74 Å². The van der Waals surface area contributed by atoms with Crippen LogP contribution in [0, 0.1) is 11.8 Å². The molecule has 1 saturated heterocycles. The number of hydrogen-bond acceptors (Lipinski definition) is 4. The van der Waals surface area contributed by atoms with Gasteiger partial charge in [0.15, 0.2) is 0 Å². The second-order valence-corrected chi connectivity index (χ2v) is 4.90. The second kappa shape index (κ2) is 4.78. The zero-order chi connectivity index (χ0) is 10.8. The first kappa shape index (κ1) is 11.3. The molecule has 0 aromatic rings. The summed E-state index contributed by atoms with van der Waals surface area (Å²) in [6.07, 6.45) is 1.59. The van der Waals surface area contributed by atoms with E-state index in [9.17, 15) is 10.2 Å². The summed E-state index contributed by atoms with van der Waals surface area (Å²) in [4.78, 5) is 2.25. The van der Waals surface area contributed by atoms with Crippen molar-refractivity contribution in [2.45, 2.75) is 25.0 Å². The number of nitrogens with zero attached hydrogens (tertiary/aromatic N) is 1. The number of rotatable bonds is 4. The van der Waals surface area contributed by atoms with Crippen molar-refractivity contribution in [1.29, 1.82) is 0 Å². The first-order valence-electron chi connectivity index (χ1n) is 5.78. The third kappa shape index (κ3) is 2.50. The van der Waals surface area contributed by atoms with Gasteiger partial charge in [-0.05, 0) is 18.8 Å². The Morgan fingerprint density at radius 1 is 1.40 bits per heavy atom. The van der Waals surface area contributed by atoms with Gasteiger partial charge in [-0.15, -0.1) is 0 Å². The molecule has 1 heterocycles. The zero-order valence-corrected chi connectivity index (χ0v) is 9.30. The van der Waals surface area contributed by atoms with Gasteiger partial charge in [0.25, 0.3) is 0 Å². The summed E-state index contributed by atoms with van der Waals surface area (Å²) in [7, 11) is 1.60. The van der Waals surface area contributed by atoms with Crippen LogP contribution in [-0.4, -0.2) is 60.7 Å².